The number of aliphatic hydroxyl groups excluding tert-OH is 2. The van der Waals surface area contributed by atoms with Crippen LogP contribution in [0.4, 0.5) is 0 Å². The summed E-state index contributed by atoms with van der Waals surface area (Å²) in [6.07, 6.45) is 0. The number of hydrogen-bond acceptors (Lipinski definition) is 8. The summed E-state index contributed by atoms with van der Waals surface area (Å²) in [5.74, 6) is 0.299. The molecule has 28 heavy (non-hydrogen) atoms. The van der Waals surface area contributed by atoms with Gasteiger partial charge in [0.15, 0.2) is 0 Å². The van der Waals surface area contributed by atoms with Crippen LogP contribution >= 0.6 is 32.9 Å². The third kappa shape index (κ3) is 5.82. The van der Waals surface area contributed by atoms with Gasteiger partial charge < -0.3 is 15.3 Å². The van der Waals surface area contributed by atoms with Gasteiger partial charge in [0.25, 0.3) is 0 Å². The van der Waals surface area contributed by atoms with Crippen molar-refractivity contribution in [2.75, 3.05) is 39.4 Å². The Morgan fingerprint density at radius 3 is 1.79 bits per heavy atom. The molecule has 156 valence electrons. The molecule has 0 saturated carbocycles. The summed E-state index contributed by atoms with van der Waals surface area (Å²) in [6, 6.07) is 4.09. The smallest absolute Gasteiger partial charge is 0.124 e. The van der Waals surface area contributed by atoms with Crippen LogP contribution in [0.15, 0.2) is 12.1 Å². The Bertz CT molecular complexity index is 782. The van der Waals surface area contributed by atoms with Crippen LogP contribution in [0.25, 0.3) is 10.4 Å². The summed E-state index contributed by atoms with van der Waals surface area (Å²) in [4.78, 5) is 5.36. The van der Waals surface area contributed by atoms with Gasteiger partial charge in [0.1, 0.15) is 9.57 Å². The van der Waals surface area contributed by atoms with Gasteiger partial charge in [-0.05, 0) is 43.3 Å². The molecule has 2 rings (SSSR count). The van der Waals surface area contributed by atoms with E-state index in [1.165, 1.54) is 0 Å². The zero-order chi connectivity index (χ0) is 20.7. The fraction of sp³-hybridized carbons (Fsp3) is 0.550. The highest BCUT2D eigenvalue weighted by Crippen LogP contribution is 2.38. The third-order valence-electron chi connectivity index (χ3n) is 4.89. The molecule has 0 aliphatic carbocycles. The van der Waals surface area contributed by atoms with Crippen molar-refractivity contribution in [1.29, 1.82) is 0 Å². The molecule has 0 bridgehead atoms. The average Bonchev–Trinajstić information content (AvgIpc) is 3.02. The molecule has 8 heteroatoms. The summed E-state index contributed by atoms with van der Waals surface area (Å²) in [7, 11) is 3.27. The number of phenolic OH excluding ortho intramolecular Hbond substituents is 1. The Morgan fingerprint density at radius 1 is 0.929 bits per heavy atom. The number of rotatable bonds is 11. The highest BCUT2D eigenvalue weighted by Gasteiger charge is 2.17. The number of aliphatic hydroxyl groups is 2. The maximum absolute atomic E-state index is 11.0. The van der Waals surface area contributed by atoms with Crippen molar-refractivity contribution in [3.05, 3.63) is 32.6 Å². The van der Waals surface area contributed by atoms with Crippen LogP contribution in [0.2, 0.25) is 0 Å². The molecule has 0 saturated heterocycles. The fourth-order valence-electron chi connectivity index (χ4n) is 3.16. The van der Waals surface area contributed by atoms with Gasteiger partial charge in [-0.2, -0.15) is 0 Å². The number of benzene rings is 1. The van der Waals surface area contributed by atoms with Crippen LogP contribution in [0, 0.1) is 10.7 Å². The molecule has 0 spiro atoms. The molecule has 5 nitrogen and oxygen atoms in total. The number of aromatic hydroxyl groups is 1. The Hall–Kier alpha value is -0.870. The lowest BCUT2D eigenvalue weighted by molar-refractivity contribution is 0.192. The van der Waals surface area contributed by atoms with Gasteiger partial charge in [0, 0.05) is 37.3 Å². The molecule has 3 N–H and O–H groups in total. The number of phenols is 1. The molecule has 0 amide bonds. The van der Waals surface area contributed by atoms with E-state index in [-0.39, 0.29) is 13.2 Å². The lowest BCUT2D eigenvalue weighted by Gasteiger charge is -2.24. The maximum Gasteiger partial charge on any atom is 0.124 e. The van der Waals surface area contributed by atoms with Crippen molar-refractivity contribution in [3.8, 4) is 16.2 Å². The second kappa shape index (κ2) is 11.3. The summed E-state index contributed by atoms with van der Waals surface area (Å²) >= 11 is 5.42. The van der Waals surface area contributed by atoms with Crippen LogP contribution in [0.3, 0.4) is 0 Å². The van der Waals surface area contributed by atoms with Crippen molar-refractivity contribution in [2.45, 2.75) is 33.9 Å². The molecule has 0 aliphatic rings. The first-order chi connectivity index (χ1) is 13.4. The summed E-state index contributed by atoms with van der Waals surface area (Å²) < 4.78 is 0.905. The second-order valence-electron chi connectivity index (χ2n) is 6.74. The zero-order valence-corrected chi connectivity index (χ0v) is 19.2. The molecule has 1 heterocycles. The molecule has 0 radical (unpaired) electrons. The number of likely N-dealkylation sites (N-methyl/N-ethyl adjacent to an activating group) is 2. The van der Waals surface area contributed by atoms with Crippen molar-refractivity contribution < 1.29 is 15.3 Å². The van der Waals surface area contributed by atoms with Crippen LogP contribution in [-0.2, 0) is 13.1 Å². The van der Waals surface area contributed by atoms with Gasteiger partial charge in [-0.1, -0.05) is 46.7 Å². The average molecular weight is 443 g/mol. The number of hydrogen-bond donors (Lipinski definition) is 3. The zero-order valence-electron chi connectivity index (χ0n) is 16.8. The first kappa shape index (κ1) is 23.4. The van der Waals surface area contributed by atoms with Crippen LogP contribution in [0.1, 0.15) is 30.5 Å². The quantitative estimate of drug-likeness (QED) is 0.363. The van der Waals surface area contributed by atoms with E-state index in [0.717, 1.165) is 44.0 Å². The van der Waals surface area contributed by atoms with E-state index < -0.39 is 0 Å². The first-order valence-electron chi connectivity index (χ1n) is 9.56. The van der Waals surface area contributed by atoms with E-state index in [4.69, 9.17) is 12.2 Å². The lowest BCUT2D eigenvalue weighted by atomic mass is 10.0. The first-order valence-corrected chi connectivity index (χ1v) is 12.1. The Balaban J connectivity index is 2.50. The summed E-state index contributed by atoms with van der Waals surface area (Å²) in [5, 5.41) is 29.6. The van der Waals surface area contributed by atoms with Gasteiger partial charge in [0.2, 0.25) is 0 Å². The van der Waals surface area contributed by atoms with Gasteiger partial charge in [-0.25, -0.2) is 0 Å². The predicted molar refractivity (Wildman–Crippen MR) is 121 cm³/mol. The Labute approximate surface area is 179 Å². The summed E-state index contributed by atoms with van der Waals surface area (Å²) in [6.45, 7) is 10.2. The van der Waals surface area contributed by atoms with E-state index in [9.17, 15) is 15.3 Å². The Morgan fingerprint density at radius 2 is 1.43 bits per heavy atom. The molecule has 0 aliphatic heterocycles. The normalized spacial score (nSPS) is 11.7. The van der Waals surface area contributed by atoms with Crippen LogP contribution in [0.5, 0.6) is 5.75 Å². The highest BCUT2D eigenvalue weighted by atomic mass is 32.9. The van der Waals surface area contributed by atoms with E-state index in [1.54, 1.807) is 20.7 Å². The van der Waals surface area contributed by atoms with Gasteiger partial charge >= 0.3 is 0 Å². The molecule has 0 unspecified atom stereocenters. The minimum atomic E-state index is 0.0896. The maximum atomic E-state index is 11.0. The molecule has 2 aromatic rings. The largest absolute Gasteiger partial charge is 0.507 e. The standard InChI is InChI=1S/C20H30N2O3S3/c1-4-21(6-8-23)12-16-10-15(19-14(3)20(26)28-27-19)11-17(18(16)25)13-22(5-2)7-9-24/h10-11,23-25H,4-9,12-13H2,1-3H3. The van der Waals surface area contributed by atoms with Gasteiger partial charge in [-0.15, -0.1) is 0 Å². The van der Waals surface area contributed by atoms with Crippen molar-refractivity contribution in [1.82, 2.24) is 9.80 Å². The van der Waals surface area contributed by atoms with E-state index in [0.29, 0.717) is 31.9 Å². The molecule has 0 atom stereocenters. The second-order valence-corrected chi connectivity index (χ2v) is 9.55. The van der Waals surface area contributed by atoms with E-state index in [2.05, 4.69) is 9.80 Å². The monoisotopic (exact) mass is 442 g/mol. The minimum absolute atomic E-state index is 0.0896. The van der Waals surface area contributed by atoms with Crippen molar-refractivity contribution in [2.24, 2.45) is 0 Å². The van der Waals surface area contributed by atoms with Crippen molar-refractivity contribution in [3.63, 3.8) is 0 Å². The molecule has 1 aromatic heterocycles. The predicted octanol–water partition coefficient (Wildman–Crippen LogP) is 3.85. The summed E-state index contributed by atoms with van der Waals surface area (Å²) in [5.41, 5.74) is 3.88. The van der Waals surface area contributed by atoms with Crippen LogP contribution in [-0.4, -0.2) is 64.5 Å². The highest BCUT2D eigenvalue weighted by molar-refractivity contribution is 7.80. The molecular formula is C20H30N2O3S3. The van der Waals surface area contributed by atoms with E-state index in [1.807, 2.05) is 32.9 Å². The molecule has 0 fully saturated rings. The topological polar surface area (TPSA) is 67.2 Å². The van der Waals surface area contributed by atoms with Gasteiger partial charge in [0.05, 0.1) is 18.1 Å². The molecule has 1 aromatic carbocycles. The molecular weight excluding hydrogens is 412 g/mol. The van der Waals surface area contributed by atoms with Gasteiger partial charge in [-0.3, -0.25) is 9.80 Å². The SMILES string of the molecule is CCN(CCO)Cc1cc(-c2ssc(=S)c2C)cc(CN(CC)CCO)c1O. The third-order valence-corrected chi connectivity index (χ3v) is 8.26. The van der Waals surface area contributed by atoms with Crippen molar-refractivity contribution >= 4 is 32.9 Å². The van der Waals surface area contributed by atoms with E-state index >= 15 is 0 Å². The fourth-order valence-corrected chi connectivity index (χ4v) is 6.04. The number of nitrogens with zero attached hydrogens (tertiary/aromatic N) is 2. The lowest BCUT2D eigenvalue weighted by Crippen LogP contribution is -2.27. The Kier molecular flexibility index (Phi) is 9.49. The minimum Gasteiger partial charge on any atom is -0.507 e. The van der Waals surface area contributed by atoms with Crippen LogP contribution < -0.4 is 0 Å².